The predicted molar refractivity (Wildman–Crippen MR) is 94.8 cm³/mol. The molecule has 0 spiro atoms. The van der Waals surface area contributed by atoms with Crippen molar-refractivity contribution in [3.63, 3.8) is 0 Å². The molecule has 0 aliphatic carbocycles. The van der Waals surface area contributed by atoms with Gasteiger partial charge >= 0.3 is 0 Å². The number of para-hydroxylation sites is 1. The average Bonchev–Trinajstić information content (AvgIpc) is 2.81. The van der Waals surface area contributed by atoms with Gasteiger partial charge in [0, 0.05) is 32.1 Å². The highest BCUT2D eigenvalue weighted by atomic mass is 19.1. The fourth-order valence-electron chi connectivity index (χ4n) is 3.63. The van der Waals surface area contributed by atoms with Gasteiger partial charge in [0.05, 0.1) is 12.2 Å². The third-order valence-electron chi connectivity index (χ3n) is 5.06. The number of hydrogen-bond donors (Lipinski definition) is 1. The molecule has 1 N–H and O–H groups in total. The lowest BCUT2D eigenvalue weighted by Crippen LogP contribution is -2.48. The minimum absolute atomic E-state index is 0.0837. The third kappa shape index (κ3) is 4.71. The van der Waals surface area contributed by atoms with Crippen molar-refractivity contribution in [1.29, 1.82) is 0 Å². The lowest BCUT2D eigenvalue weighted by molar-refractivity contribution is -0.135. The van der Waals surface area contributed by atoms with E-state index in [1.54, 1.807) is 17.0 Å². The van der Waals surface area contributed by atoms with E-state index in [9.17, 15) is 14.0 Å². The van der Waals surface area contributed by atoms with Crippen LogP contribution in [-0.4, -0.2) is 48.9 Å². The minimum atomic E-state index is -0.204. The summed E-state index contributed by atoms with van der Waals surface area (Å²) in [7, 11) is 0. The zero-order valence-electron chi connectivity index (χ0n) is 14.5. The molecule has 0 aromatic heterocycles. The molecule has 0 saturated carbocycles. The van der Waals surface area contributed by atoms with Crippen molar-refractivity contribution in [2.75, 3.05) is 31.1 Å². The lowest BCUT2D eigenvalue weighted by Gasteiger charge is -2.34. The molecule has 0 radical (unpaired) electrons. The number of halogens is 1. The number of piperidine rings is 1. The first kappa shape index (κ1) is 17.7. The number of nitrogens with zero attached hydrogens (tertiary/aromatic N) is 2. The van der Waals surface area contributed by atoms with Crippen LogP contribution in [-0.2, 0) is 9.59 Å². The Morgan fingerprint density at radius 1 is 1.12 bits per heavy atom. The van der Waals surface area contributed by atoms with Gasteiger partial charge in [0.15, 0.2) is 0 Å². The number of nitrogens with one attached hydrogen (secondary N) is 1. The van der Waals surface area contributed by atoms with Crippen LogP contribution in [0, 0.1) is 5.82 Å². The Hall–Kier alpha value is -2.11. The number of carbonyl (C=O) groups excluding carboxylic acids is 2. The smallest absolute Gasteiger partial charge is 0.239 e. The third-order valence-corrected chi connectivity index (χ3v) is 5.06. The highest BCUT2D eigenvalue weighted by Gasteiger charge is 2.24. The van der Waals surface area contributed by atoms with Gasteiger partial charge in [-0.2, -0.15) is 0 Å². The van der Waals surface area contributed by atoms with Gasteiger partial charge in [-0.25, -0.2) is 4.39 Å². The van der Waals surface area contributed by atoms with Crippen LogP contribution in [0.2, 0.25) is 0 Å². The van der Waals surface area contributed by atoms with Gasteiger partial charge in [-0.05, 0) is 37.8 Å². The van der Waals surface area contributed by atoms with Crippen LogP contribution < -0.4 is 10.2 Å². The second-order valence-corrected chi connectivity index (χ2v) is 6.91. The summed E-state index contributed by atoms with van der Waals surface area (Å²) in [5.74, 6) is -0.203. The number of carbonyl (C=O) groups is 2. The molecule has 3 rings (SSSR count). The monoisotopic (exact) mass is 347 g/mol. The van der Waals surface area contributed by atoms with Crippen molar-refractivity contribution in [3.8, 4) is 0 Å². The summed E-state index contributed by atoms with van der Waals surface area (Å²) in [5, 5.41) is 3.04. The van der Waals surface area contributed by atoms with Crippen molar-refractivity contribution in [1.82, 2.24) is 10.2 Å². The van der Waals surface area contributed by atoms with E-state index in [2.05, 4.69) is 5.32 Å². The Bertz CT molecular complexity index is 614. The first-order valence-corrected chi connectivity index (χ1v) is 9.20. The van der Waals surface area contributed by atoms with Gasteiger partial charge in [-0.15, -0.1) is 0 Å². The first-order valence-electron chi connectivity index (χ1n) is 9.20. The molecule has 0 bridgehead atoms. The summed E-state index contributed by atoms with van der Waals surface area (Å²) in [4.78, 5) is 27.9. The zero-order valence-corrected chi connectivity index (χ0v) is 14.5. The SMILES string of the molecule is O=C(CN1CCCCCC1=O)NC1CCN(c2ccccc2F)CC1. The molecule has 136 valence electrons. The number of anilines is 1. The van der Waals surface area contributed by atoms with Gasteiger partial charge in [0.1, 0.15) is 5.82 Å². The molecular formula is C19H26FN3O2. The standard InChI is InChI=1S/C19H26FN3O2/c20-16-6-3-4-7-17(16)22-12-9-15(10-13-22)21-18(24)14-23-11-5-1-2-8-19(23)25/h3-4,6-7,15H,1-2,5,8-14H2,(H,21,24). The normalized spacial score (nSPS) is 19.6. The van der Waals surface area contributed by atoms with Crippen molar-refractivity contribution in [2.45, 2.75) is 44.6 Å². The molecule has 1 aromatic rings. The highest BCUT2D eigenvalue weighted by Crippen LogP contribution is 2.22. The van der Waals surface area contributed by atoms with Crippen molar-refractivity contribution in [3.05, 3.63) is 30.1 Å². The van der Waals surface area contributed by atoms with Crippen LogP contribution in [0.25, 0.3) is 0 Å². The second-order valence-electron chi connectivity index (χ2n) is 6.91. The largest absolute Gasteiger partial charge is 0.369 e. The Balaban J connectivity index is 1.46. The van der Waals surface area contributed by atoms with Crippen LogP contribution in [0.5, 0.6) is 0 Å². The van der Waals surface area contributed by atoms with E-state index < -0.39 is 0 Å². The van der Waals surface area contributed by atoms with Gasteiger partial charge < -0.3 is 15.1 Å². The van der Waals surface area contributed by atoms with Crippen LogP contribution in [0.4, 0.5) is 10.1 Å². The summed E-state index contributed by atoms with van der Waals surface area (Å²) in [5.41, 5.74) is 0.627. The molecule has 2 amide bonds. The van der Waals surface area contributed by atoms with Crippen molar-refractivity contribution >= 4 is 17.5 Å². The Labute approximate surface area is 148 Å². The number of rotatable bonds is 4. The summed E-state index contributed by atoms with van der Waals surface area (Å²) in [6.45, 7) is 2.27. The van der Waals surface area contributed by atoms with Crippen LogP contribution in [0.1, 0.15) is 38.5 Å². The molecule has 0 atom stereocenters. The molecule has 2 fully saturated rings. The maximum Gasteiger partial charge on any atom is 0.239 e. The van der Waals surface area contributed by atoms with E-state index in [0.717, 1.165) is 32.1 Å². The number of amides is 2. The van der Waals surface area contributed by atoms with E-state index in [1.807, 2.05) is 11.0 Å². The molecule has 1 aromatic carbocycles. The molecule has 2 heterocycles. The van der Waals surface area contributed by atoms with Gasteiger partial charge in [-0.1, -0.05) is 18.6 Å². The highest BCUT2D eigenvalue weighted by molar-refractivity contribution is 5.85. The zero-order chi connectivity index (χ0) is 17.6. The molecule has 2 saturated heterocycles. The Morgan fingerprint density at radius 3 is 2.64 bits per heavy atom. The Kier molecular flexibility index (Phi) is 5.89. The van der Waals surface area contributed by atoms with E-state index in [0.29, 0.717) is 31.7 Å². The molecule has 2 aliphatic rings. The molecular weight excluding hydrogens is 321 g/mol. The van der Waals surface area contributed by atoms with Gasteiger partial charge in [0.25, 0.3) is 0 Å². The van der Waals surface area contributed by atoms with Gasteiger partial charge in [-0.3, -0.25) is 9.59 Å². The Morgan fingerprint density at radius 2 is 1.88 bits per heavy atom. The van der Waals surface area contributed by atoms with Crippen molar-refractivity contribution < 1.29 is 14.0 Å². The summed E-state index contributed by atoms with van der Waals surface area (Å²) in [6.07, 6.45) is 5.07. The van der Waals surface area contributed by atoms with E-state index in [-0.39, 0.29) is 30.2 Å². The maximum absolute atomic E-state index is 13.9. The van der Waals surface area contributed by atoms with Crippen LogP contribution in [0.3, 0.4) is 0 Å². The van der Waals surface area contributed by atoms with Crippen molar-refractivity contribution in [2.24, 2.45) is 0 Å². The number of hydrogen-bond acceptors (Lipinski definition) is 3. The molecule has 2 aliphatic heterocycles. The van der Waals surface area contributed by atoms with Crippen LogP contribution in [0.15, 0.2) is 24.3 Å². The summed E-state index contributed by atoms with van der Waals surface area (Å²) < 4.78 is 13.9. The maximum atomic E-state index is 13.9. The molecule has 6 heteroatoms. The lowest BCUT2D eigenvalue weighted by atomic mass is 10.0. The average molecular weight is 347 g/mol. The molecule has 0 unspecified atom stereocenters. The summed E-state index contributed by atoms with van der Waals surface area (Å²) >= 11 is 0. The molecule has 5 nitrogen and oxygen atoms in total. The predicted octanol–water partition coefficient (Wildman–Crippen LogP) is 2.31. The fourth-order valence-corrected chi connectivity index (χ4v) is 3.63. The second kappa shape index (κ2) is 8.32. The first-order chi connectivity index (χ1) is 12.1. The fraction of sp³-hybridized carbons (Fsp3) is 0.579. The quantitative estimate of drug-likeness (QED) is 0.909. The number of benzene rings is 1. The topological polar surface area (TPSA) is 52.7 Å². The number of likely N-dealkylation sites (tertiary alicyclic amines) is 1. The minimum Gasteiger partial charge on any atom is -0.369 e. The van der Waals surface area contributed by atoms with E-state index in [4.69, 9.17) is 0 Å². The molecule has 25 heavy (non-hydrogen) atoms. The van der Waals surface area contributed by atoms with E-state index >= 15 is 0 Å². The van der Waals surface area contributed by atoms with Gasteiger partial charge in [0.2, 0.25) is 11.8 Å². The van der Waals surface area contributed by atoms with E-state index in [1.165, 1.54) is 6.07 Å². The van der Waals surface area contributed by atoms with Crippen LogP contribution >= 0.6 is 0 Å². The summed E-state index contributed by atoms with van der Waals surface area (Å²) in [6, 6.07) is 6.89.